The van der Waals surface area contributed by atoms with E-state index < -0.39 is 21.8 Å². The molecule has 0 radical (unpaired) electrons. The minimum absolute atomic E-state index is 0.0498. The van der Waals surface area contributed by atoms with E-state index in [2.05, 4.69) is 26.4 Å². The van der Waals surface area contributed by atoms with Gasteiger partial charge < -0.3 is 10.0 Å². The highest BCUT2D eigenvalue weighted by Crippen LogP contribution is 2.28. The molecule has 0 bridgehead atoms. The Kier molecular flexibility index (Phi) is 6.48. The van der Waals surface area contributed by atoms with Crippen molar-refractivity contribution in [1.82, 2.24) is 9.88 Å². The van der Waals surface area contributed by atoms with Gasteiger partial charge in [0.05, 0.1) is 16.0 Å². The monoisotopic (exact) mass is 472 g/mol. The zero-order valence-electron chi connectivity index (χ0n) is 18.2. The van der Waals surface area contributed by atoms with Crippen LogP contribution in [0.25, 0.3) is 10.9 Å². The van der Waals surface area contributed by atoms with Gasteiger partial charge in [0, 0.05) is 37.3 Å². The lowest BCUT2D eigenvalue weighted by Crippen LogP contribution is -2.46. The van der Waals surface area contributed by atoms with Gasteiger partial charge in [0.15, 0.2) is 0 Å². The molecule has 1 aromatic heterocycles. The van der Waals surface area contributed by atoms with Crippen molar-refractivity contribution < 1.29 is 22.7 Å². The van der Waals surface area contributed by atoms with Crippen molar-refractivity contribution in [2.45, 2.75) is 18.2 Å². The van der Waals surface area contributed by atoms with Crippen molar-refractivity contribution in [3.05, 3.63) is 59.9 Å². The minimum atomic E-state index is -3.96. The molecule has 8 nitrogen and oxygen atoms in total. The summed E-state index contributed by atoms with van der Waals surface area (Å²) >= 11 is 0. The van der Waals surface area contributed by atoms with E-state index in [1.165, 1.54) is 12.1 Å². The highest BCUT2D eigenvalue weighted by atomic mass is 32.2. The van der Waals surface area contributed by atoms with Crippen LogP contribution >= 0.6 is 0 Å². The number of carbonyl (C=O) groups is 1. The number of fused-ring (bicyclic) bond motifs is 1. The Morgan fingerprint density at radius 1 is 1.09 bits per heavy atom. The first-order valence-corrected chi connectivity index (χ1v) is 12.2. The van der Waals surface area contributed by atoms with Gasteiger partial charge in [0.2, 0.25) is 0 Å². The molecule has 2 aromatic carbocycles. The maximum absolute atomic E-state index is 13.1. The van der Waals surface area contributed by atoms with Crippen LogP contribution in [0.1, 0.15) is 23.7 Å². The highest BCUT2D eigenvalue weighted by molar-refractivity contribution is 7.92. The Morgan fingerprint density at radius 3 is 2.42 bits per heavy atom. The Hall–Kier alpha value is -3.24. The van der Waals surface area contributed by atoms with Gasteiger partial charge in [0.25, 0.3) is 10.0 Å². The van der Waals surface area contributed by atoms with Crippen molar-refractivity contribution in [1.29, 1.82) is 0 Å². The summed E-state index contributed by atoms with van der Waals surface area (Å²) in [5, 5.41) is 10.1. The number of hydrogen-bond acceptors (Lipinski definition) is 6. The molecule has 1 fully saturated rings. The van der Waals surface area contributed by atoms with E-state index in [1.807, 2.05) is 0 Å². The van der Waals surface area contributed by atoms with Gasteiger partial charge in [-0.05, 0) is 61.5 Å². The number of nitrogens with zero attached hydrogens (tertiary/aromatic N) is 3. The fourth-order valence-corrected chi connectivity index (χ4v) is 5.01. The number of hydrogen-bond donors (Lipinski definition) is 2. The SMILES string of the molecule is CCCN1CCN(c2cc(C(=O)O)c3cc(NS(=O)(=O)c4ccc(F)cc4)ccc3n2)CC1. The summed E-state index contributed by atoms with van der Waals surface area (Å²) < 4.78 is 40.8. The van der Waals surface area contributed by atoms with Crippen LogP contribution in [0.15, 0.2) is 53.4 Å². The normalized spacial score (nSPS) is 15.0. The minimum Gasteiger partial charge on any atom is -0.478 e. The first-order valence-electron chi connectivity index (χ1n) is 10.7. The van der Waals surface area contributed by atoms with E-state index >= 15 is 0 Å². The number of halogens is 1. The van der Waals surface area contributed by atoms with Crippen LogP contribution in [-0.2, 0) is 10.0 Å². The molecule has 0 saturated carbocycles. The molecule has 2 N–H and O–H groups in total. The predicted octanol–water partition coefficient (Wildman–Crippen LogP) is 3.40. The fraction of sp³-hybridized carbons (Fsp3) is 0.304. The number of carboxylic acid groups (broad SMARTS) is 1. The van der Waals surface area contributed by atoms with E-state index in [4.69, 9.17) is 0 Å². The zero-order valence-corrected chi connectivity index (χ0v) is 19.0. The van der Waals surface area contributed by atoms with Gasteiger partial charge in [-0.15, -0.1) is 0 Å². The summed E-state index contributed by atoms with van der Waals surface area (Å²) in [7, 11) is -3.96. The number of aromatic nitrogens is 1. The molecular formula is C23H25FN4O4S. The van der Waals surface area contributed by atoms with Gasteiger partial charge in [-0.1, -0.05) is 6.92 Å². The second-order valence-corrected chi connectivity index (χ2v) is 9.64. The lowest BCUT2D eigenvalue weighted by molar-refractivity contribution is 0.0699. The van der Waals surface area contributed by atoms with E-state index in [0.29, 0.717) is 16.7 Å². The molecule has 1 saturated heterocycles. The number of benzene rings is 2. The molecule has 4 rings (SSSR count). The maximum atomic E-state index is 13.1. The summed E-state index contributed by atoms with van der Waals surface area (Å²) in [6, 6.07) is 10.6. The molecule has 0 spiro atoms. The van der Waals surface area contributed by atoms with Gasteiger partial charge >= 0.3 is 5.97 Å². The summed E-state index contributed by atoms with van der Waals surface area (Å²) in [6.45, 7) is 6.47. The third-order valence-corrected chi connectivity index (χ3v) is 7.04. The number of piperazine rings is 1. The maximum Gasteiger partial charge on any atom is 0.336 e. The molecular weight excluding hydrogens is 447 g/mol. The molecule has 33 heavy (non-hydrogen) atoms. The van der Waals surface area contributed by atoms with Crippen LogP contribution in [0.4, 0.5) is 15.9 Å². The smallest absolute Gasteiger partial charge is 0.336 e. The molecule has 174 valence electrons. The number of carboxylic acids is 1. The van der Waals surface area contributed by atoms with Crippen molar-refractivity contribution in [3.8, 4) is 0 Å². The van der Waals surface area contributed by atoms with Crippen LogP contribution < -0.4 is 9.62 Å². The van der Waals surface area contributed by atoms with Gasteiger partial charge in [-0.2, -0.15) is 0 Å². The molecule has 3 aromatic rings. The second-order valence-electron chi connectivity index (χ2n) is 7.95. The number of nitrogens with one attached hydrogen (secondary N) is 1. The first-order chi connectivity index (χ1) is 15.8. The summed E-state index contributed by atoms with van der Waals surface area (Å²) in [5.41, 5.74) is 0.705. The van der Waals surface area contributed by atoms with Crippen molar-refractivity contribution in [2.75, 3.05) is 42.3 Å². The topological polar surface area (TPSA) is 103 Å². The quantitative estimate of drug-likeness (QED) is 0.543. The Morgan fingerprint density at radius 2 is 1.79 bits per heavy atom. The lowest BCUT2D eigenvalue weighted by atomic mass is 10.1. The second kappa shape index (κ2) is 9.32. The predicted molar refractivity (Wildman–Crippen MR) is 125 cm³/mol. The molecule has 0 atom stereocenters. The van der Waals surface area contributed by atoms with Crippen LogP contribution in [0, 0.1) is 5.82 Å². The molecule has 0 aliphatic carbocycles. The zero-order chi connectivity index (χ0) is 23.6. The third-order valence-electron chi connectivity index (χ3n) is 5.64. The van der Waals surface area contributed by atoms with Crippen LogP contribution in [-0.4, -0.2) is 62.1 Å². The van der Waals surface area contributed by atoms with E-state index in [1.54, 1.807) is 12.1 Å². The number of pyridine rings is 1. The molecule has 0 unspecified atom stereocenters. The van der Waals surface area contributed by atoms with E-state index in [9.17, 15) is 22.7 Å². The third kappa shape index (κ3) is 5.07. The Labute approximate surface area is 191 Å². The number of aromatic carboxylic acids is 1. The van der Waals surface area contributed by atoms with Gasteiger partial charge in [0.1, 0.15) is 11.6 Å². The largest absolute Gasteiger partial charge is 0.478 e. The van der Waals surface area contributed by atoms with Crippen LogP contribution in [0.3, 0.4) is 0 Å². The van der Waals surface area contributed by atoms with Crippen LogP contribution in [0.2, 0.25) is 0 Å². The molecule has 1 aliphatic rings. The van der Waals surface area contributed by atoms with Gasteiger partial charge in [-0.3, -0.25) is 9.62 Å². The van der Waals surface area contributed by atoms with Gasteiger partial charge in [-0.25, -0.2) is 22.6 Å². The van der Waals surface area contributed by atoms with Crippen LogP contribution in [0.5, 0.6) is 0 Å². The van der Waals surface area contributed by atoms with E-state index in [0.717, 1.165) is 63.4 Å². The lowest BCUT2D eigenvalue weighted by Gasteiger charge is -2.35. The molecule has 2 heterocycles. The Balaban J connectivity index is 1.64. The number of rotatable bonds is 7. The molecule has 1 aliphatic heterocycles. The standard InChI is InChI=1S/C23H25FN4O4S/c1-2-9-27-10-12-28(13-11-27)22-15-20(23(29)30)19-14-17(5-8-21(19)25-22)26-33(31,32)18-6-3-16(24)4-7-18/h3-8,14-15,26H,2,9-13H2,1H3,(H,29,30). The molecule has 10 heteroatoms. The molecule has 0 amide bonds. The number of anilines is 2. The number of sulfonamides is 1. The average Bonchev–Trinajstić information content (AvgIpc) is 2.79. The van der Waals surface area contributed by atoms with Crippen molar-refractivity contribution >= 4 is 38.4 Å². The van der Waals surface area contributed by atoms with E-state index in [-0.39, 0.29) is 16.1 Å². The van der Waals surface area contributed by atoms with Crippen molar-refractivity contribution in [2.24, 2.45) is 0 Å². The summed E-state index contributed by atoms with van der Waals surface area (Å²) in [5.74, 6) is -1.07. The highest BCUT2D eigenvalue weighted by Gasteiger charge is 2.21. The Bertz CT molecular complexity index is 1270. The first kappa shape index (κ1) is 22.9. The summed E-state index contributed by atoms with van der Waals surface area (Å²) in [6.07, 6.45) is 1.09. The van der Waals surface area contributed by atoms with Crippen molar-refractivity contribution in [3.63, 3.8) is 0 Å². The summed E-state index contributed by atoms with van der Waals surface area (Å²) in [4.78, 5) is 21.0. The fourth-order valence-electron chi connectivity index (χ4n) is 3.96. The average molecular weight is 473 g/mol.